The summed E-state index contributed by atoms with van der Waals surface area (Å²) in [5, 5.41) is 0. The van der Waals surface area contributed by atoms with Crippen LogP contribution in [0.2, 0.25) is 0 Å². The summed E-state index contributed by atoms with van der Waals surface area (Å²) in [7, 11) is 1.43. The normalized spacial score (nSPS) is 14.3. The summed E-state index contributed by atoms with van der Waals surface area (Å²) in [6.45, 7) is 4.24. The number of nitrogens with zero attached hydrogens (tertiary/aromatic N) is 1. The Kier molecular flexibility index (Phi) is 58.5. The predicted octanol–water partition coefficient (Wildman–Crippen LogP) is 21.0. The first kappa shape index (κ1) is 78.4. The largest absolute Gasteiger partial charge is 0.472 e. The number of carbonyl (C=O) groups is 2. The molecule has 2 atom stereocenters. The average molecular weight is 1170 g/mol. The molecule has 0 saturated heterocycles. The summed E-state index contributed by atoms with van der Waals surface area (Å²) in [6.07, 6.45) is 94.4. The van der Waals surface area contributed by atoms with Crippen LogP contribution in [0.1, 0.15) is 226 Å². The van der Waals surface area contributed by atoms with Crippen molar-refractivity contribution in [2.75, 3.05) is 47.5 Å². The van der Waals surface area contributed by atoms with Crippen molar-refractivity contribution in [1.82, 2.24) is 0 Å². The number of esters is 2. The fraction of sp³-hybridized carbons (Fsp3) is 0.589. The lowest BCUT2D eigenvalue weighted by molar-refractivity contribution is -0.870. The molecule has 0 amide bonds. The van der Waals surface area contributed by atoms with Gasteiger partial charge in [0.15, 0.2) is 6.10 Å². The highest BCUT2D eigenvalue weighted by Crippen LogP contribution is 2.43. The summed E-state index contributed by atoms with van der Waals surface area (Å²) >= 11 is 0. The van der Waals surface area contributed by atoms with Gasteiger partial charge in [0.2, 0.25) is 0 Å². The average Bonchev–Trinajstić information content (AvgIpc) is 3.48. The molecule has 0 bridgehead atoms. The van der Waals surface area contributed by atoms with Crippen LogP contribution in [-0.4, -0.2) is 74.9 Å². The highest BCUT2D eigenvalue weighted by atomic mass is 31.2. The van der Waals surface area contributed by atoms with E-state index in [0.717, 1.165) is 141 Å². The van der Waals surface area contributed by atoms with Crippen molar-refractivity contribution in [2.24, 2.45) is 0 Å². The summed E-state index contributed by atoms with van der Waals surface area (Å²) in [5.41, 5.74) is 0. The van der Waals surface area contributed by atoms with Crippen molar-refractivity contribution in [3.63, 3.8) is 0 Å². The molecular formula is C73H119NO8P+. The van der Waals surface area contributed by atoms with Gasteiger partial charge < -0.3 is 18.9 Å². The van der Waals surface area contributed by atoms with E-state index in [1.165, 1.54) is 51.4 Å². The lowest BCUT2D eigenvalue weighted by atomic mass is 10.1. The van der Waals surface area contributed by atoms with Gasteiger partial charge in [0.25, 0.3) is 0 Å². The maximum absolute atomic E-state index is 12.8. The topological polar surface area (TPSA) is 108 Å². The van der Waals surface area contributed by atoms with Gasteiger partial charge in [-0.2, -0.15) is 0 Å². The minimum atomic E-state index is -4.41. The van der Waals surface area contributed by atoms with E-state index in [4.69, 9.17) is 18.5 Å². The van der Waals surface area contributed by atoms with Gasteiger partial charge in [-0.1, -0.05) is 248 Å². The lowest BCUT2D eigenvalue weighted by Crippen LogP contribution is -2.37. The Labute approximate surface area is 508 Å². The van der Waals surface area contributed by atoms with Crippen molar-refractivity contribution in [3.05, 3.63) is 170 Å². The highest BCUT2D eigenvalue weighted by Gasteiger charge is 2.27. The molecule has 0 fully saturated rings. The molecule has 10 heteroatoms. The molecule has 468 valence electrons. The second kappa shape index (κ2) is 61.9. The van der Waals surface area contributed by atoms with Crippen LogP contribution in [0.5, 0.6) is 0 Å². The summed E-state index contributed by atoms with van der Waals surface area (Å²) in [6, 6.07) is 0. The third kappa shape index (κ3) is 66.4. The van der Waals surface area contributed by atoms with Gasteiger partial charge in [0, 0.05) is 12.8 Å². The van der Waals surface area contributed by atoms with Crippen molar-refractivity contribution >= 4 is 19.8 Å². The second-order valence-electron chi connectivity index (χ2n) is 22.1. The number of rotatable bonds is 57. The van der Waals surface area contributed by atoms with Gasteiger partial charge in [0.05, 0.1) is 27.7 Å². The maximum atomic E-state index is 12.8. The number of likely N-dealkylation sites (N-methyl/N-ethyl adjacent to an activating group) is 1. The molecule has 0 radical (unpaired) electrons. The Balaban J connectivity index is 4.21. The number of unbranched alkanes of at least 4 members (excludes halogenated alkanes) is 15. The quantitative estimate of drug-likeness (QED) is 0.0211. The SMILES string of the molecule is CC/C=C\C/C=C\C/C=C\C/C=C\C/C=C\C/C=C\C/C=C\C/C=C\C/C=C\C/C=C\C/C=C\C/C=C\CCCCCCC(=O)OC(COC(=O)CCCCCCCCC/C=C\C/C=C\CCCCCC)COP(=O)(O)OCC[N+](C)(C)C. The predicted molar refractivity (Wildman–Crippen MR) is 357 cm³/mol. The number of ether oxygens (including phenoxy) is 2. The number of quaternary nitrogens is 1. The first-order chi connectivity index (χ1) is 40.5. The Hall–Kier alpha value is -4.63. The van der Waals surface area contributed by atoms with E-state index in [2.05, 4.69) is 184 Å². The fourth-order valence-corrected chi connectivity index (χ4v) is 8.77. The summed E-state index contributed by atoms with van der Waals surface area (Å²) in [4.78, 5) is 35.7. The van der Waals surface area contributed by atoms with Gasteiger partial charge in [-0.05, 0) is 135 Å². The minimum absolute atomic E-state index is 0.0159. The molecule has 0 aliphatic rings. The number of hydrogen-bond donors (Lipinski definition) is 1. The van der Waals surface area contributed by atoms with Gasteiger partial charge in [0.1, 0.15) is 19.8 Å². The first-order valence-electron chi connectivity index (χ1n) is 32.4. The molecule has 0 aliphatic heterocycles. The van der Waals surface area contributed by atoms with Crippen LogP contribution in [0.25, 0.3) is 0 Å². The van der Waals surface area contributed by atoms with E-state index >= 15 is 0 Å². The fourth-order valence-electron chi connectivity index (χ4n) is 8.03. The smallest absolute Gasteiger partial charge is 0.462 e. The Bertz CT molecular complexity index is 2000. The van der Waals surface area contributed by atoms with E-state index in [-0.39, 0.29) is 32.0 Å². The lowest BCUT2D eigenvalue weighted by Gasteiger charge is -2.24. The monoisotopic (exact) mass is 1170 g/mol. The molecule has 1 N–H and O–H groups in total. The molecule has 0 aromatic heterocycles. The van der Waals surface area contributed by atoms with E-state index < -0.39 is 26.5 Å². The van der Waals surface area contributed by atoms with E-state index in [1.807, 2.05) is 21.1 Å². The molecule has 0 rings (SSSR count). The summed E-state index contributed by atoms with van der Waals surface area (Å²) < 4.78 is 34.5. The van der Waals surface area contributed by atoms with Crippen LogP contribution in [0, 0.1) is 0 Å². The van der Waals surface area contributed by atoms with Gasteiger partial charge in [-0.15, -0.1) is 0 Å². The molecule has 0 spiro atoms. The molecule has 0 aliphatic carbocycles. The number of allylic oxidation sites excluding steroid dienone is 28. The van der Waals surface area contributed by atoms with E-state index in [0.29, 0.717) is 17.4 Å². The Morgan fingerprint density at radius 1 is 0.386 bits per heavy atom. The number of phosphoric ester groups is 1. The summed E-state index contributed by atoms with van der Waals surface area (Å²) in [5.74, 6) is -0.848. The molecule has 0 aromatic rings. The number of phosphoric acid groups is 1. The maximum Gasteiger partial charge on any atom is 0.472 e. The van der Waals surface area contributed by atoms with Crippen LogP contribution in [-0.2, 0) is 32.7 Å². The number of carbonyl (C=O) groups excluding carboxylic acids is 2. The molecule has 0 saturated carbocycles. The van der Waals surface area contributed by atoms with Crippen LogP contribution >= 0.6 is 7.82 Å². The zero-order valence-corrected chi connectivity index (χ0v) is 54.0. The van der Waals surface area contributed by atoms with Gasteiger partial charge >= 0.3 is 19.8 Å². The Morgan fingerprint density at radius 3 is 1.02 bits per heavy atom. The molecule has 2 unspecified atom stereocenters. The van der Waals surface area contributed by atoms with Crippen molar-refractivity contribution < 1.29 is 42.1 Å². The van der Waals surface area contributed by atoms with E-state index in [9.17, 15) is 19.0 Å². The van der Waals surface area contributed by atoms with Gasteiger partial charge in [-0.25, -0.2) is 4.57 Å². The Morgan fingerprint density at radius 2 is 0.687 bits per heavy atom. The zero-order valence-electron chi connectivity index (χ0n) is 53.1. The molecule has 83 heavy (non-hydrogen) atoms. The van der Waals surface area contributed by atoms with Crippen LogP contribution < -0.4 is 0 Å². The molecule has 0 aromatic carbocycles. The minimum Gasteiger partial charge on any atom is -0.462 e. The van der Waals surface area contributed by atoms with E-state index in [1.54, 1.807) is 0 Å². The highest BCUT2D eigenvalue weighted by molar-refractivity contribution is 7.47. The van der Waals surface area contributed by atoms with Crippen LogP contribution in [0.15, 0.2) is 170 Å². The third-order valence-corrected chi connectivity index (χ3v) is 14.0. The zero-order chi connectivity index (χ0) is 60.5. The van der Waals surface area contributed by atoms with Crippen molar-refractivity contribution in [2.45, 2.75) is 232 Å². The molecule has 9 nitrogen and oxygen atoms in total. The standard InChI is InChI=1S/C73H118NO8P/c1-6-8-10-12-14-16-18-20-22-24-26-27-28-29-30-31-32-33-34-35-36-37-38-39-40-41-42-43-44-45-46-47-48-50-52-54-56-58-60-62-64-66-73(76)82-71(70-81-83(77,78)80-68-67-74(3,4)5)69-79-72(75)65-63-61-59-57-55-53-51-49-25-23-21-19-17-15-13-11-9-7-2/h8,10,14,16-17,19-20,22-23,25-27,29-30,32-33,35-36,38-39,41-42,44-45,47-48,52,54,71H,6-7,9,11-13,15,18,21,24,28,31,34,37,40,43,46,49-51,53,55-70H2,1-5H3/p+1/b10-8-,16-14-,19-17-,22-20-,25-23-,27-26-,30-29-,33-32-,36-35-,39-38-,42-41-,45-44-,48-47-,54-52-. The van der Waals surface area contributed by atoms with Crippen LogP contribution in [0.4, 0.5) is 0 Å². The second-order valence-corrected chi connectivity index (χ2v) is 23.5. The van der Waals surface area contributed by atoms with Crippen LogP contribution in [0.3, 0.4) is 0 Å². The van der Waals surface area contributed by atoms with Crippen molar-refractivity contribution in [1.29, 1.82) is 0 Å². The first-order valence-corrected chi connectivity index (χ1v) is 33.9. The molecular weight excluding hydrogens is 1050 g/mol. The van der Waals surface area contributed by atoms with Crippen molar-refractivity contribution in [3.8, 4) is 0 Å². The number of hydrogen-bond acceptors (Lipinski definition) is 7. The molecule has 0 heterocycles. The third-order valence-electron chi connectivity index (χ3n) is 13.0. The van der Waals surface area contributed by atoms with Gasteiger partial charge in [-0.3, -0.25) is 18.6 Å².